The van der Waals surface area contributed by atoms with Crippen LogP contribution in [0.1, 0.15) is 34.1 Å². The van der Waals surface area contributed by atoms with Gasteiger partial charge in [0.15, 0.2) is 0 Å². The Balaban J connectivity index is 2.14. The van der Waals surface area contributed by atoms with Crippen LogP contribution in [0.25, 0.3) is 10.9 Å². The van der Waals surface area contributed by atoms with Crippen LogP contribution in [0.4, 0.5) is 0 Å². The second-order valence-electron chi connectivity index (χ2n) is 7.05. The molecule has 1 atom stereocenters. The van der Waals surface area contributed by atoms with Gasteiger partial charge in [-0.3, -0.25) is 14.3 Å². The van der Waals surface area contributed by atoms with Gasteiger partial charge in [-0.2, -0.15) is 5.10 Å². The van der Waals surface area contributed by atoms with E-state index in [4.69, 9.17) is 0 Å². The monoisotopic (exact) mass is 315 g/mol. The molecule has 124 valence electrons. The Kier molecular flexibility index (Phi) is 4.88. The predicted octanol–water partition coefficient (Wildman–Crippen LogP) is 2.68. The highest BCUT2D eigenvalue weighted by Crippen LogP contribution is 2.23. The van der Waals surface area contributed by atoms with E-state index >= 15 is 0 Å². The highest BCUT2D eigenvalue weighted by molar-refractivity contribution is 5.79. The Morgan fingerprint density at radius 2 is 1.96 bits per heavy atom. The van der Waals surface area contributed by atoms with Crippen LogP contribution in [0.3, 0.4) is 0 Å². The van der Waals surface area contributed by atoms with Gasteiger partial charge in [0, 0.05) is 24.9 Å². The van der Waals surface area contributed by atoms with Gasteiger partial charge in [-0.1, -0.05) is 32.9 Å². The van der Waals surface area contributed by atoms with Crippen molar-refractivity contribution in [3.63, 3.8) is 0 Å². The molecular weight excluding hydrogens is 290 g/mol. The summed E-state index contributed by atoms with van der Waals surface area (Å²) in [5, 5.41) is 4.80. The third-order valence-corrected chi connectivity index (χ3v) is 4.53. The maximum absolute atomic E-state index is 12.4. The molecule has 0 N–H and O–H groups in total. The van der Waals surface area contributed by atoms with Crippen LogP contribution in [-0.2, 0) is 11.3 Å². The number of para-hydroxylation sites is 1. The SMILES string of the molecule is C[C@@H](N(C)C(=O)CCn1ncc(=O)c2ccccc21)C(C)(C)C. The van der Waals surface area contributed by atoms with Crippen molar-refractivity contribution in [3.05, 3.63) is 40.7 Å². The van der Waals surface area contributed by atoms with Crippen molar-refractivity contribution in [1.82, 2.24) is 14.7 Å². The van der Waals surface area contributed by atoms with Gasteiger partial charge >= 0.3 is 0 Å². The number of nitrogens with zero attached hydrogens (tertiary/aromatic N) is 3. The number of carbonyl (C=O) groups excluding carboxylic acids is 1. The summed E-state index contributed by atoms with van der Waals surface area (Å²) >= 11 is 0. The van der Waals surface area contributed by atoms with Gasteiger partial charge in [-0.15, -0.1) is 0 Å². The second kappa shape index (κ2) is 6.52. The van der Waals surface area contributed by atoms with Crippen LogP contribution in [-0.4, -0.2) is 33.7 Å². The van der Waals surface area contributed by atoms with Crippen molar-refractivity contribution in [3.8, 4) is 0 Å². The molecule has 0 saturated heterocycles. The third kappa shape index (κ3) is 3.78. The molecule has 1 heterocycles. The van der Waals surface area contributed by atoms with Gasteiger partial charge in [-0.25, -0.2) is 0 Å². The fourth-order valence-corrected chi connectivity index (χ4v) is 2.51. The van der Waals surface area contributed by atoms with Gasteiger partial charge in [0.05, 0.1) is 18.3 Å². The van der Waals surface area contributed by atoms with E-state index in [0.717, 1.165) is 5.52 Å². The first kappa shape index (κ1) is 17.2. The Hall–Kier alpha value is -2.17. The molecule has 1 aromatic heterocycles. The van der Waals surface area contributed by atoms with E-state index in [1.165, 1.54) is 6.20 Å². The Labute approximate surface area is 136 Å². The van der Waals surface area contributed by atoms with Gasteiger partial charge in [0.2, 0.25) is 11.3 Å². The lowest BCUT2D eigenvalue weighted by Gasteiger charge is -2.35. The largest absolute Gasteiger partial charge is 0.342 e. The Bertz CT molecular complexity index is 759. The zero-order valence-electron chi connectivity index (χ0n) is 14.5. The molecule has 0 unspecified atom stereocenters. The van der Waals surface area contributed by atoms with Crippen molar-refractivity contribution >= 4 is 16.8 Å². The smallest absolute Gasteiger partial charge is 0.224 e. The Morgan fingerprint density at radius 3 is 2.61 bits per heavy atom. The molecule has 23 heavy (non-hydrogen) atoms. The standard InChI is InChI=1S/C18H25N3O2/c1-13(18(2,3)4)20(5)17(23)10-11-21-15-9-7-6-8-14(15)16(22)12-19-21/h6-9,12-13H,10-11H2,1-5H3/t13-/m1/s1. The predicted molar refractivity (Wildman–Crippen MR) is 92.3 cm³/mol. The molecule has 0 radical (unpaired) electrons. The lowest BCUT2D eigenvalue weighted by atomic mass is 9.87. The van der Waals surface area contributed by atoms with Crippen molar-refractivity contribution in [2.24, 2.45) is 5.41 Å². The first-order valence-corrected chi connectivity index (χ1v) is 7.92. The minimum Gasteiger partial charge on any atom is -0.342 e. The van der Waals surface area contributed by atoms with Crippen molar-refractivity contribution < 1.29 is 4.79 Å². The highest BCUT2D eigenvalue weighted by Gasteiger charge is 2.26. The molecule has 0 bridgehead atoms. The summed E-state index contributed by atoms with van der Waals surface area (Å²) in [5.41, 5.74) is 0.702. The molecule has 2 aromatic rings. The van der Waals surface area contributed by atoms with E-state index in [1.807, 2.05) is 25.2 Å². The number of rotatable bonds is 4. The highest BCUT2D eigenvalue weighted by atomic mass is 16.2. The summed E-state index contributed by atoms with van der Waals surface area (Å²) in [7, 11) is 1.84. The van der Waals surface area contributed by atoms with E-state index in [9.17, 15) is 9.59 Å². The van der Waals surface area contributed by atoms with E-state index < -0.39 is 0 Å². The summed E-state index contributed by atoms with van der Waals surface area (Å²) in [5.74, 6) is 0.0806. The van der Waals surface area contributed by atoms with E-state index in [1.54, 1.807) is 15.6 Å². The van der Waals surface area contributed by atoms with E-state index in [0.29, 0.717) is 18.4 Å². The molecule has 0 fully saturated rings. The number of aromatic nitrogens is 2. The van der Waals surface area contributed by atoms with Crippen LogP contribution in [0.15, 0.2) is 35.3 Å². The average molecular weight is 315 g/mol. The van der Waals surface area contributed by atoms with E-state index in [2.05, 4.69) is 32.8 Å². The summed E-state index contributed by atoms with van der Waals surface area (Å²) in [6, 6.07) is 7.49. The fourth-order valence-electron chi connectivity index (χ4n) is 2.51. The molecule has 1 aromatic carbocycles. The number of amides is 1. The maximum Gasteiger partial charge on any atom is 0.224 e. The minimum absolute atomic E-state index is 0.0344. The quantitative estimate of drug-likeness (QED) is 0.871. The summed E-state index contributed by atoms with van der Waals surface area (Å²) in [4.78, 5) is 26.1. The molecule has 0 aliphatic carbocycles. The normalized spacial score (nSPS) is 13.1. The average Bonchev–Trinajstić information content (AvgIpc) is 2.52. The fraction of sp³-hybridized carbons (Fsp3) is 0.500. The number of aryl methyl sites for hydroxylation is 1. The molecule has 2 rings (SSSR count). The lowest BCUT2D eigenvalue weighted by molar-refractivity contribution is -0.133. The summed E-state index contributed by atoms with van der Waals surface area (Å²) < 4.78 is 1.73. The number of benzene rings is 1. The van der Waals surface area contributed by atoms with Gasteiger partial charge in [-0.05, 0) is 24.5 Å². The minimum atomic E-state index is -0.0957. The molecular formula is C18H25N3O2. The zero-order chi connectivity index (χ0) is 17.2. The first-order valence-electron chi connectivity index (χ1n) is 7.92. The zero-order valence-corrected chi connectivity index (χ0v) is 14.5. The Morgan fingerprint density at radius 1 is 1.30 bits per heavy atom. The summed E-state index contributed by atoms with van der Waals surface area (Å²) in [6.45, 7) is 8.89. The molecule has 5 heteroatoms. The molecule has 0 spiro atoms. The lowest BCUT2D eigenvalue weighted by Crippen LogP contribution is -2.43. The second-order valence-corrected chi connectivity index (χ2v) is 7.05. The molecule has 1 amide bonds. The van der Waals surface area contributed by atoms with Crippen LogP contribution in [0.5, 0.6) is 0 Å². The topological polar surface area (TPSA) is 55.2 Å². The van der Waals surface area contributed by atoms with Crippen LogP contribution in [0.2, 0.25) is 0 Å². The van der Waals surface area contributed by atoms with Gasteiger partial charge in [0.25, 0.3) is 0 Å². The van der Waals surface area contributed by atoms with Crippen LogP contribution < -0.4 is 5.43 Å². The molecule has 0 saturated carbocycles. The van der Waals surface area contributed by atoms with Crippen molar-refractivity contribution in [1.29, 1.82) is 0 Å². The van der Waals surface area contributed by atoms with Crippen molar-refractivity contribution in [2.45, 2.75) is 46.7 Å². The molecule has 5 nitrogen and oxygen atoms in total. The van der Waals surface area contributed by atoms with Crippen molar-refractivity contribution in [2.75, 3.05) is 7.05 Å². The number of hydrogen-bond acceptors (Lipinski definition) is 3. The van der Waals surface area contributed by atoms with Crippen LogP contribution in [0, 0.1) is 5.41 Å². The summed E-state index contributed by atoms with van der Waals surface area (Å²) in [6.07, 6.45) is 1.67. The molecule has 0 aliphatic heterocycles. The maximum atomic E-state index is 12.4. The van der Waals surface area contributed by atoms with Crippen LogP contribution >= 0.6 is 0 Å². The third-order valence-electron chi connectivity index (χ3n) is 4.53. The number of fused-ring (bicyclic) bond motifs is 1. The number of hydrogen-bond donors (Lipinski definition) is 0. The van der Waals surface area contributed by atoms with E-state index in [-0.39, 0.29) is 22.8 Å². The first-order chi connectivity index (χ1) is 10.7. The molecule has 0 aliphatic rings. The van der Waals surface area contributed by atoms with Gasteiger partial charge in [0.1, 0.15) is 0 Å². The number of carbonyl (C=O) groups is 1. The van der Waals surface area contributed by atoms with Gasteiger partial charge < -0.3 is 4.90 Å².